The molecule has 3 aromatic rings. The molecule has 0 spiro atoms. The highest BCUT2D eigenvalue weighted by molar-refractivity contribution is 5.77. The van der Waals surface area contributed by atoms with Crippen molar-refractivity contribution in [3.63, 3.8) is 0 Å². The Morgan fingerprint density at radius 1 is 1.12 bits per heavy atom. The molecule has 3 rings (SSSR count). The molecule has 1 aromatic heterocycles. The number of hydrogen-bond acceptors (Lipinski definition) is 4. The van der Waals surface area contributed by atoms with Gasteiger partial charge < -0.3 is 14.6 Å². The topological polar surface area (TPSA) is 64.4 Å². The fraction of sp³-hybridized carbons (Fsp3) is 0.200. The van der Waals surface area contributed by atoms with Gasteiger partial charge in [0.15, 0.2) is 12.4 Å². The summed E-state index contributed by atoms with van der Waals surface area (Å²) in [6, 6.07) is 17.4. The van der Waals surface area contributed by atoms with Crippen LogP contribution in [0.4, 0.5) is 0 Å². The van der Waals surface area contributed by atoms with E-state index in [-0.39, 0.29) is 19.1 Å². The second-order valence-electron chi connectivity index (χ2n) is 5.88. The van der Waals surface area contributed by atoms with Crippen LogP contribution in [0, 0.1) is 13.8 Å². The van der Waals surface area contributed by atoms with E-state index in [2.05, 4.69) is 10.5 Å². The van der Waals surface area contributed by atoms with Gasteiger partial charge >= 0.3 is 0 Å². The number of carbonyl (C=O) groups excluding carboxylic acids is 1. The molecule has 25 heavy (non-hydrogen) atoms. The quantitative estimate of drug-likeness (QED) is 0.746. The first-order valence-corrected chi connectivity index (χ1v) is 8.09. The minimum absolute atomic E-state index is 0.0379. The zero-order valence-corrected chi connectivity index (χ0v) is 14.3. The molecular weight excluding hydrogens is 316 g/mol. The first-order chi connectivity index (χ1) is 12.1. The lowest BCUT2D eigenvalue weighted by Gasteiger charge is -2.08. The van der Waals surface area contributed by atoms with Crippen molar-refractivity contribution in [2.45, 2.75) is 20.4 Å². The number of para-hydroxylation sites is 1. The van der Waals surface area contributed by atoms with Crippen molar-refractivity contribution >= 4 is 5.91 Å². The van der Waals surface area contributed by atoms with Crippen molar-refractivity contribution < 1.29 is 14.1 Å². The molecular formula is C20H20N2O3. The summed E-state index contributed by atoms with van der Waals surface area (Å²) in [5.41, 5.74) is 3.91. The molecule has 1 amide bonds. The van der Waals surface area contributed by atoms with Crippen LogP contribution in [0.15, 0.2) is 59.1 Å². The van der Waals surface area contributed by atoms with Crippen molar-refractivity contribution in [2.24, 2.45) is 0 Å². The Bertz CT molecular complexity index is 853. The number of ether oxygens (including phenoxy) is 1. The van der Waals surface area contributed by atoms with Gasteiger partial charge in [-0.1, -0.05) is 53.2 Å². The minimum Gasteiger partial charge on any atom is -0.484 e. The van der Waals surface area contributed by atoms with Crippen LogP contribution in [0.2, 0.25) is 0 Å². The summed E-state index contributed by atoms with van der Waals surface area (Å²) in [4.78, 5) is 11.9. The van der Waals surface area contributed by atoms with Gasteiger partial charge in [-0.25, -0.2) is 0 Å². The molecule has 0 bridgehead atoms. The Kier molecular flexibility index (Phi) is 5.14. The summed E-state index contributed by atoms with van der Waals surface area (Å²) in [7, 11) is 0. The molecule has 0 saturated heterocycles. The SMILES string of the molecule is Cc1ccc(-c2cc(CNC(=O)COc3ccccc3C)on2)cc1. The normalized spacial score (nSPS) is 10.5. The van der Waals surface area contributed by atoms with Gasteiger partial charge in [0.25, 0.3) is 5.91 Å². The van der Waals surface area contributed by atoms with Crippen LogP contribution in [-0.4, -0.2) is 17.7 Å². The van der Waals surface area contributed by atoms with Crippen LogP contribution in [0.25, 0.3) is 11.3 Å². The van der Waals surface area contributed by atoms with E-state index in [1.165, 1.54) is 5.56 Å². The Balaban J connectivity index is 1.51. The van der Waals surface area contributed by atoms with Crippen molar-refractivity contribution in [2.75, 3.05) is 6.61 Å². The van der Waals surface area contributed by atoms with Crippen LogP contribution in [-0.2, 0) is 11.3 Å². The summed E-state index contributed by atoms with van der Waals surface area (Å²) in [6.07, 6.45) is 0. The Hall–Kier alpha value is -3.08. The van der Waals surface area contributed by atoms with Gasteiger partial charge in [-0.15, -0.1) is 0 Å². The Labute approximate surface area is 146 Å². The zero-order chi connectivity index (χ0) is 17.6. The number of aromatic nitrogens is 1. The molecule has 128 valence electrons. The largest absolute Gasteiger partial charge is 0.484 e. The van der Waals surface area contributed by atoms with Gasteiger partial charge in [-0.05, 0) is 25.5 Å². The zero-order valence-electron chi connectivity index (χ0n) is 14.3. The average molecular weight is 336 g/mol. The molecule has 0 radical (unpaired) electrons. The van der Waals surface area contributed by atoms with Crippen LogP contribution in [0.1, 0.15) is 16.9 Å². The van der Waals surface area contributed by atoms with E-state index in [9.17, 15) is 4.79 Å². The van der Waals surface area contributed by atoms with Crippen LogP contribution >= 0.6 is 0 Å². The highest BCUT2D eigenvalue weighted by Gasteiger charge is 2.09. The van der Waals surface area contributed by atoms with E-state index in [0.29, 0.717) is 11.5 Å². The fourth-order valence-corrected chi connectivity index (χ4v) is 2.36. The first-order valence-electron chi connectivity index (χ1n) is 8.09. The fourth-order valence-electron chi connectivity index (χ4n) is 2.36. The third kappa shape index (κ3) is 4.47. The number of benzene rings is 2. The summed E-state index contributed by atoms with van der Waals surface area (Å²) in [5.74, 6) is 1.09. The molecule has 5 heteroatoms. The molecule has 1 N–H and O–H groups in total. The highest BCUT2D eigenvalue weighted by Crippen LogP contribution is 2.19. The van der Waals surface area contributed by atoms with E-state index in [4.69, 9.17) is 9.26 Å². The number of nitrogens with one attached hydrogen (secondary N) is 1. The standard InChI is InChI=1S/C20H20N2O3/c1-14-7-9-16(10-8-14)18-11-17(25-22-18)12-21-20(23)13-24-19-6-4-3-5-15(19)2/h3-11H,12-13H2,1-2H3,(H,21,23). The molecule has 0 atom stereocenters. The maximum Gasteiger partial charge on any atom is 0.258 e. The van der Waals surface area contributed by atoms with Gasteiger partial charge in [0.1, 0.15) is 11.4 Å². The van der Waals surface area contributed by atoms with Gasteiger partial charge in [0.05, 0.1) is 6.54 Å². The molecule has 1 heterocycles. The lowest BCUT2D eigenvalue weighted by atomic mass is 10.1. The minimum atomic E-state index is -0.212. The molecule has 0 aliphatic heterocycles. The smallest absolute Gasteiger partial charge is 0.258 e. The predicted octanol–water partition coefficient (Wildman–Crippen LogP) is 3.65. The van der Waals surface area contributed by atoms with E-state index in [1.807, 2.05) is 68.4 Å². The van der Waals surface area contributed by atoms with Gasteiger partial charge in [0, 0.05) is 11.6 Å². The number of amides is 1. The van der Waals surface area contributed by atoms with Crippen LogP contribution < -0.4 is 10.1 Å². The van der Waals surface area contributed by atoms with Crippen molar-refractivity contribution in [1.29, 1.82) is 0 Å². The Morgan fingerprint density at radius 2 is 1.88 bits per heavy atom. The van der Waals surface area contributed by atoms with Gasteiger partial charge in [0.2, 0.25) is 0 Å². The summed E-state index contributed by atoms with van der Waals surface area (Å²) in [5, 5.41) is 6.81. The third-order valence-electron chi connectivity index (χ3n) is 3.82. The second kappa shape index (κ2) is 7.66. The number of aryl methyl sites for hydroxylation is 2. The van der Waals surface area contributed by atoms with E-state index >= 15 is 0 Å². The van der Waals surface area contributed by atoms with Crippen molar-refractivity contribution in [3.05, 3.63) is 71.5 Å². The molecule has 5 nitrogen and oxygen atoms in total. The monoisotopic (exact) mass is 336 g/mol. The van der Waals surface area contributed by atoms with Gasteiger partial charge in [-0.2, -0.15) is 0 Å². The lowest BCUT2D eigenvalue weighted by molar-refractivity contribution is -0.123. The lowest BCUT2D eigenvalue weighted by Crippen LogP contribution is -2.28. The highest BCUT2D eigenvalue weighted by atomic mass is 16.5. The third-order valence-corrected chi connectivity index (χ3v) is 3.82. The Morgan fingerprint density at radius 3 is 2.64 bits per heavy atom. The van der Waals surface area contributed by atoms with E-state index in [0.717, 1.165) is 16.8 Å². The molecule has 0 aliphatic rings. The first kappa shape index (κ1) is 16.8. The predicted molar refractivity (Wildman–Crippen MR) is 95.2 cm³/mol. The van der Waals surface area contributed by atoms with Crippen molar-refractivity contribution in [3.8, 4) is 17.0 Å². The van der Waals surface area contributed by atoms with Gasteiger partial charge in [-0.3, -0.25) is 4.79 Å². The number of carbonyl (C=O) groups is 1. The molecule has 2 aromatic carbocycles. The van der Waals surface area contributed by atoms with Crippen LogP contribution in [0.3, 0.4) is 0 Å². The van der Waals surface area contributed by atoms with Crippen LogP contribution in [0.5, 0.6) is 5.75 Å². The average Bonchev–Trinajstić information content (AvgIpc) is 3.09. The summed E-state index contributed by atoms with van der Waals surface area (Å²) >= 11 is 0. The number of hydrogen-bond donors (Lipinski definition) is 1. The second-order valence-corrected chi connectivity index (χ2v) is 5.88. The van der Waals surface area contributed by atoms with E-state index < -0.39 is 0 Å². The molecule has 0 unspecified atom stereocenters. The maximum absolute atomic E-state index is 11.9. The van der Waals surface area contributed by atoms with E-state index in [1.54, 1.807) is 0 Å². The summed E-state index contributed by atoms with van der Waals surface area (Å²) in [6.45, 7) is 4.21. The number of nitrogens with zero attached hydrogens (tertiary/aromatic N) is 1. The maximum atomic E-state index is 11.9. The molecule has 0 aliphatic carbocycles. The summed E-state index contributed by atoms with van der Waals surface area (Å²) < 4.78 is 10.8. The molecule has 0 saturated carbocycles. The molecule has 0 fully saturated rings. The van der Waals surface area contributed by atoms with Crippen molar-refractivity contribution in [1.82, 2.24) is 10.5 Å². The number of rotatable bonds is 6.